The monoisotopic (exact) mass is 419 g/mol. The molecule has 4 atom stereocenters. The minimum absolute atomic E-state index is 0.0684. The number of halogens is 1. The standard InChI is InChI=1S/C24H26FN5O/c1-15(18-13-23(2)8-9-24(3,29-23)22(18)25)19-6-7-20(28-27-19)17-5-4-16(12-21(17)31)30-11-10-26-14-30/h4-7,10-12,14,18,22,29,31H,1,8-9,13H2,2-3H3. The Labute approximate surface area is 180 Å². The fourth-order valence-electron chi connectivity index (χ4n) is 5.19. The summed E-state index contributed by atoms with van der Waals surface area (Å²) in [7, 11) is 0. The van der Waals surface area contributed by atoms with Gasteiger partial charge in [-0.2, -0.15) is 5.10 Å². The number of hydrogen-bond donors (Lipinski definition) is 2. The molecule has 0 radical (unpaired) electrons. The number of aromatic hydroxyl groups is 1. The highest BCUT2D eigenvalue weighted by Crippen LogP contribution is 2.49. The maximum absolute atomic E-state index is 15.4. The minimum atomic E-state index is -1.02. The summed E-state index contributed by atoms with van der Waals surface area (Å²) in [4.78, 5) is 4.02. The van der Waals surface area contributed by atoms with Crippen molar-refractivity contribution in [2.24, 2.45) is 5.92 Å². The van der Waals surface area contributed by atoms with Crippen molar-refractivity contribution >= 4 is 5.57 Å². The summed E-state index contributed by atoms with van der Waals surface area (Å²) in [6.07, 6.45) is 6.62. The summed E-state index contributed by atoms with van der Waals surface area (Å²) in [5.41, 5.74) is 2.63. The van der Waals surface area contributed by atoms with Crippen LogP contribution < -0.4 is 5.32 Å². The Balaban J connectivity index is 1.39. The van der Waals surface area contributed by atoms with Crippen LogP contribution in [0.25, 0.3) is 22.5 Å². The predicted molar refractivity (Wildman–Crippen MR) is 117 cm³/mol. The van der Waals surface area contributed by atoms with Crippen LogP contribution in [0.4, 0.5) is 4.39 Å². The van der Waals surface area contributed by atoms with Gasteiger partial charge in [-0.1, -0.05) is 6.58 Å². The molecule has 0 aliphatic carbocycles. The van der Waals surface area contributed by atoms with E-state index in [1.54, 1.807) is 36.9 Å². The molecule has 0 spiro atoms. The highest BCUT2D eigenvalue weighted by atomic mass is 19.1. The maximum atomic E-state index is 15.4. The van der Waals surface area contributed by atoms with Gasteiger partial charge in [-0.3, -0.25) is 0 Å². The number of aromatic nitrogens is 4. The minimum Gasteiger partial charge on any atom is -0.507 e. The number of fused-ring (bicyclic) bond motifs is 2. The second-order valence-corrected chi connectivity index (χ2v) is 9.32. The molecule has 1 aromatic carbocycles. The summed E-state index contributed by atoms with van der Waals surface area (Å²) in [6.45, 7) is 8.32. The third-order valence-electron chi connectivity index (χ3n) is 6.92. The third kappa shape index (κ3) is 3.33. The number of nitrogens with one attached hydrogen (secondary N) is 1. The highest BCUT2D eigenvalue weighted by Gasteiger charge is 2.55. The zero-order valence-corrected chi connectivity index (χ0v) is 17.7. The molecule has 2 aliphatic rings. The van der Waals surface area contributed by atoms with E-state index < -0.39 is 11.7 Å². The number of rotatable bonds is 4. The molecule has 7 heteroatoms. The quantitative estimate of drug-likeness (QED) is 0.659. The van der Waals surface area contributed by atoms with Crippen molar-refractivity contribution < 1.29 is 9.50 Å². The Morgan fingerprint density at radius 3 is 2.74 bits per heavy atom. The lowest BCUT2D eigenvalue weighted by Gasteiger charge is -2.45. The second kappa shape index (κ2) is 6.99. The maximum Gasteiger partial charge on any atom is 0.127 e. The van der Waals surface area contributed by atoms with E-state index >= 15 is 4.39 Å². The molecule has 4 unspecified atom stereocenters. The normalized spacial score (nSPS) is 29.8. The Bertz CT molecular complexity index is 1130. The Hall–Kier alpha value is -3.06. The lowest BCUT2D eigenvalue weighted by Crippen LogP contribution is -2.60. The smallest absolute Gasteiger partial charge is 0.127 e. The molecule has 6 nitrogen and oxygen atoms in total. The molecule has 2 N–H and O–H groups in total. The molecule has 31 heavy (non-hydrogen) atoms. The first-order chi connectivity index (χ1) is 14.8. The molecule has 160 valence electrons. The number of benzene rings is 1. The first kappa shape index (κ1) is 19.9. The largest absolute Gasteiger partial charge is 0.507 e. The van der Waals surface area contributed by atoms with E-state index in [1.807, 2.05) is 23.6 Å². The number of piperidine rings is 1. The van der Waals surface area contributed by atoms with E-state index in [4.69, 9.17) is 0 Å². The van der Waals surface area contributed by atoms with Crippen molar-refractivity contribution in [2.75, 3.05) is 0 Å². The molecular weight excluding hydrogens is 393 g/mol. The van der Waals surface area contributed by atoms with Crippen LogP contribution in [0.15, 0.2) is 55.6 Å². The predicted octanol–water partition coefficient (Wildman–Crippen LogP) is 4.31. The average Bonchev–Trinajstić information content (AvgIpc) is 3.38. The summed E-state index contributed by atoms with van der Waals surface area (Å²) in [5, 5.41) is 22.6. The summed E-state index contributed by atoms with van der Waals surface area (Å²) in [6, 6.07) is 8.95. The van der Waals surface area contributed by atoms with Crippen molar-refractivity contribution in [3.8, 4) is 22.7 Å². The molecule has 2 aromatic heterocycles. The molecule has 0 amide bonds. The topological polar surface area (TPSA) is 75.9 Å². The van der Waals surface area contributed by atoms with Crippen molar-refractivity contribution in [1.29, 1.82) is 0 Å². The van der Waals surface area contributed by atoms with Gasteiger partial charge >= 0.3 is 0 Å². The number of imidazole rings is 1. The molecule has 2 aliphatic heterocycles. The Morgan fingerprint density at radius 1 is 1.23 bits per heavy atom. The number of phenolic OH excluding ortho intramolecular Hbond substituents is 1. The lowest BCUT2D eigenvalue weighted by molar-refractivity contribution is 0.0770. The summed E-state index contributed by atoms with van der Waals surface area (Å²) >= 11 is 0. The van der Waals surface area contributed by atoms with Crippen molar-refractivity contribution in [3.63, 3.8) is 0 Å². The molecule has 4 heterocycles. The number of phenols is 1. The SMILES string of the molecule is C=C(c1ccc(-c2ccc(-n3ccnc3)cc2O)nn1)C1CC2(C)CCC(C)(N2)C1F. The zero-order chi connectivity index (χ0) is 21.8. The molecule has 2 bridgehead atoms. The van der Waals surface area contributed by atoms with Crippen LogP contribution in [0.5, 0.6) is 5.75 Å². The van der Waals surface area contributed by atoms with E-state index in [0.29, 0.717) is 28.9 Å². The van der Waals surface area contributed by atoms with E-state index in [0.717, 1.165) is 18.5 Å². The van der Waals surface area contributed by atoms with Gasteiger partial charge in [0.25, 0.3) is 0 Å². The highest BCUT2D eigenvalue weighted by molar-refractivity contribution is 5.70. The number of hydrogen-bond acceptors (Lipinski definition) is 5. The fraction of sp³-hybridized carbons (Fsp3) is 0.375. The molecule has 2 fully saturated rings. The molecular formula is C24H26FN5O. The van der Waals surface area contributed by atoms with Crippen LogP contribution in [-0.4, -0.2) is 42.1 Å². The van der Waals surface area contributed by atoms with E-state index in [9.17, 15) is 5.11 Å². The first-order valence-corrected chi connectivity index (χ1v) is 10.6. The van der Waals surface area contributed by atoms with Gasteiger partial charge in [0, 0.05) is 41.0 Å². The first-order valence-electron chi connectivity index (χ1n) is 10.6. The van der Waals surface area contributed by atoms with Gasteiger partial charge in [-0.15, -0.1) is 5.10 Å². The molecule has 2 saturated heterocycles. The second-order valence-electron chi connectivity index (χ2n) is 9.32. The van der Waals surface area contributed by atoms with Gasteiger partial charge in [0.2, 0.25) is 0 Å². The van der Waals surface area contributed by atoms with Crippen molar-refractivity contribution in [1.82, 2.24) is 25.1 Å². The number of allylic oxidation sites excluding steroid dienone is 1. The van der Waals surface area contributed by atoms with E-state index in [2.05, 4.69) is 34.0 Å². The Kier molecular flexibility index (Phi) is 4.48. The summed E-state index contributed by atoms with van der Waals surface area (Å²) in [5.74, 6) is -0.187. The van der Waals surface area contributed by atoms with Crippen LogP contribution >= 0.6 is 0 Å². The zero-order valence-electron chi connectivity index (χ0n) is 17.7. The Morgan fingerprint density at radius 2 is 2.06 bits per heavy atom. The van der Waals surface area contributed by atoms with Gasteiger partial charge in [0.05, 0.1) is 23.4 Å². The molecule has 3 aromatic rings. The van der Waals surface area contributed by atoms with E-state index in [-0.39, 0.29) is 17.2 Å². The average molecular weight is 420 g/mol. The van der Waals surface area contributed by atoms with Crippen molar-refractivity contribution in [3.05, 3.63) is 61.3 Å². The van der Waals surface area contributed by atoms with Crippen LogP contribution in [0.2, 0.25) is 0 Å². The number of nitrogens with zero attached hydrogens (tertiary/aromatic N) is 4. The lowest BCUT2D eigenvalue weighted by atomic mass is 9.75. The number of alkyl halides is 1. The van der Waals surface area contributed by atoms with Crippen molar-refractivity contribution in [2.45, 2.75) is 50.4 Å². The van der Waals surface area contributed by atoms with E-state index in [1.165, 1.54) is 0 Å². The fourth-order valence-corrected chi connectivity index (χ4v) is 5.19. The van der Waals surface area contributed by atoms with Crippen LogP contribution in [0.1, 0.15) is 38.8 Å². The van der Waals surface area contributed by atoms with Gasteiger partial charge in [0.1, 0.15) is 11.9 Å². The molecule has 5 rings (SSSR count). The third-order valence-corrected chi connectivity index (χ3v) is 6.92. The summed E-state index contributed by atoms with van der Waals surface area (Å²) < 4.78 is 17.2. The van der Waals surface area contributed by atoms with Gasteiger partial charge < -0.3 is 15.0 Å². The van der Waals surface area contributed by atoms with Crippen LogP contribution in [-0.2, 0) is 0 Å². The van der Waals surface area contributed by atoms with Gasteiger partial charge in [0.15, 0.2) is 0 Å². The van der Waals surface area contributed by atoms with Gasteiger partial charge in [-0.25, -0.2) is 9.37 Å². The van der Waals surface area contributed by atoms with Crippen LogP contribution in [0, 0.1) is 5.92 Å². The van der Waals surface area contributed by atoms with Gasteiger partial charge in [-0.05, 0) is 62.9 Å². The molecule has 0 saturated carbocycles. The van der Waals surface area contributed by atoms with Crippen LogP contribution in [0.3, 0.4) is 0 Å².